The van der Waals surface area contributed by atoms with Gasteiger partial charge in [0.15, 0.2) is 6.10 Å². The second kappa shape index (κ2) is 8.35. The van der Waals surface area contributed by atoms with Gasteiger partial charge in [-0.1, -0.05) is 34.8 Å². The highest BCUT2D eigenvalue weighted by Gasteiger charge is 2.23. The summed E-state index contributed by atoms with van der Waals surface area (Å²) in [4.78, 5) is 34.5. The van der Waals surface area contributed by atoms with Gasteiger partial charge in [0.2, 0.25) is 0 Å². The predicted molar refractivity (Wildman–Crippen MR) is 98.1 cm³/mol. The molecule has 1 amide bonds. The van der Waals surface area contributed by atoms with E-state index in [9.17, 15) is 19.7 Å². The molecule has 0 aliphatic carbocycles. The van der Waals surface area contributed by atoms with Gasteiger partial charge in [-0.2, -0.15) is 0 Å². The number of nitrogens with zero attached hydrogens (tertiary/aromatic N) is 1. The van der Waals surface area contributed by atoms with Gasteiger partial charge in [-0.25, -0.2) is 4.79 Å². The van der Waals surface area contributed by atoms with Gasteiger partial charge in [0, 0.05) is 17.2 Å². The van der Waals surface area contributed by atoms with Crippen LogP contribution in [0.25, 0.3) is 0 Å². The maximum absolute atomic E-state index is 12.2. The maximum Gasteiger partial charge on any atom is 0.340 e. The van der Waals surface area contributed by atoms with Gasteiger partial charge in [0.05, 0.1) is 26.2 Å². The molecule has 0 radical (unpaired) electrons. The zero-order valence-electron chi connectivity index (χ0n) is 13.2. The van der Waals surface area contributed by atoms with Crippen LogP contribution in [0.2, 0.25) is 15.1 Å². The molecule has 0 fully saturated rings. The lowest BCUT2D eigenvalue weighted by molar-refractivity contribution is -0.384. The molecule has 0 bridgehead atoms. The van der Waals surface area contributed by atoms with Crippen molar-refractivity contribution in [2.75, 3.05) is 5.32 Å². The summed E-state index contributed by atoms with van der Waals surface area (Å²) in [5.41, 5.74) is -0.300. The molecule has 1 atom stereocenters. The van der Waals surface area contributed by atoms with Crippen LogP contribution in [0, 0.1) is 10.1 Å². The first-order chi connectivity index (χ1) is 12.2. The minimum absolute atomic E-state index is 0.0360. The van der Waals surface area contributed by atoms with Gasteiger partial charge in [0.25, 0.3) is 11.6 Å². The van der Waals surface area contributed by atoms with Crippen LogP contribution >= 0.6 is 34.8 Å². The number of non-ortho nitro benzene ring substituents is 1. The topological polar surface area (TPSA) is 98.5 Å². The van der Waals surface area contributed by atoms with E-state index in [-0.39, 0.29) is 27.0 Å². The number of hydrogen-bond donors (Lipinski definition) is 1. The Morgan fingerprint density at radius 1 is 1.12 bits per heavy atom. The molecule has 0 aliphatic heterocycles. The highest BCUT2D eigenvalue weighted by molar-refractivity contribution is 6.35. The minimum Gasteiger partial charge on any atom is -0.449 e. The van der Waals surface area contributed by atoms with Crippen molar-refractivity contribution in [2.45, 2.75) is 13.0 Å². The predicted octanol–water partition coefficient (Wildman–Crippen LogP) is 4.74. The SMILES string of the molecule is C[C@@H](OC(=O)c1cc([N+](=O)[O-])ccc1Cl)C(=O)Nc1cc(Cl)ccc1Cl. The Morgan fingerprint density at radius 3 is 2.42 bits per heavy atom. The third-order valence-electron chi connectivity index (χ3n) is 3.22. The summed E-state index contributed by atoms with van der Waals surface area (Å²) in [7, 11) is 0. The van der Waals surface area contributed by atoms with Crippen LogP contribution in [0.3, 0.4) is 0 Å². The zero-order valence-corrected chi connectivity index (χ0v) is 15.4. The third kappa shape index (κ3) is 4.85. The van der Waals surface area contributed by atoms with E-state index < -0.39 is 22.9 Å². The third-order valence-corrected chi connectivity index (χ3v) is 4.11. The number of nitro groups is 1. The number of anilines is 1. The van der Waals surface area contributed by atoms with Gasteiger partial charge >= 0.3 is 5.97 Å². The van der Waals surface area contributed by atoms with Crippen LogP contribution in [0.1, 0.15) is 17.3 Å². The first kappa shape index (κ1) is 20.0. The molecular formula is C16H11Cl3N2O5. The van der Waals surface area contributed by atoms with Crippen molar-refractivity contribution in [3.05, 3.63) is 67.1 Å². The Kier molecular flexibility index (Phi) is 6.42. The molecule has 2 aromatic rings. The van der Waals surface area contributed by atoms with E-state index >= 15 is 0 Å². The van der Waals surface area contributed by atoms with E-state index in [4.69, 9.17) is 39.5 Å². The Hall–Kier alpha value is -2.35. The van der Waals surface area contributed by atoms with E-state index in [1.165, 1.54) is 25.1 Å². The standard InChI is InChI=1S/C16H11Cl3N2O5/c1-8(15(22)20-14-6-9(17)2-4-13(14)19)26-16(23)11-7-10(21(24)25)3-5-12(11)18/h2-8H,1H3,(H,20,22)/t8-/m1/s1. The number of carbonyl (C=O) groups is 2. The van der Waals surface area contributed by atoms with Crippen LogP contribution in [0.5, 0.6) is 0 Å². The lowest BCUT2D eigenvalue weighted by Crippen LogP contribution is -2.30. The number of nitrogens with one attached hydrogen (secondary N) is 1. The van der Waals surface area contributed by atoms with Gasteiger partial charge in [0.1, 0.15) is 0 Å². The lowest BCUT2D eigenvalue weighted by atomic mass is 10.2. The van der Waals surface area contributed by atoms with E-state index in [1.54, 1.807) is 6.07 Å². The number of benzene rings is 2. The first-order valence-corrected chi connectivity index (χ1v) is 8.23. The van der Waals surface area contributed by atoms with E-state index in [0.29, 0.717) is 5.02 Å². The molecule has 0 aromatic heterocycles. The number of rotatable bonds is 5. The second-order valence-corrected chi connectivity index (χ2v) is 6.33. The molecular weight excluding hydrogens is 407 g/mol. The lowest BCUT2D eigenvalue weighted by Gasteiger charge is -2.15. The van der Waals surface area contributed by atoms with Crippen molar-refractivity contribution in [3.63, 3.8) is 0 Å². The van der Waals surface area contributed by atoms with Crippen molar-refractivity contribution >= 4 is 58.1 Å². The van der Waals surface area contributed by atoms with Crippen LogP contribution < -0.4 is 5.32 Å². The summed E-state index contributed by atoms with van der Waals surface area (Å²) in [5, 5.41) is 13.9. The van der Waals surface area contributed by atoms with Crippen molar-refractivity contribution in [1.29, 1.82) is 0 Å². The number of amides is 1. The molecule has 0 saturated heterocycles. The van der Waals surface area contributed by atoms with Gasteiger partial charge in [-0.05, 0) is 31.2 Å². The number of ether oxygens (including phenoxy) is 1. The Balaban J connectivity index is 2.11. The smallest absolute Gasteiger partial charge is 0.340 e. The number of hydrogen-bond acceptors (Lipinski definition) is 5. The molecule has 2 aromatic carbocycles. The van der Waals surface area contributed by atoms with E-state index in [0.717, 1.165) is 12.1 Å². The van der Waals surface area contributed by atoms with Crippen LogP contribution in [-0.2, 0) is 9.53 Å². The van der Waals surface area contributed by atoms with Crippen molar-refractivity contribution < 1.29 is 19.2 Å². The number of nitro benzene ring substituents is 1. The Labute approximate surface area is 162 Å². The van der Waals surface area contributed by atoms with E-state index in [1.807, 2.05) is 0 Å². The molecule has 0 saturated carbocycles. The molecule has 0 aliphatic rings. The summed E-state index contributed by atoms with van der Waals surface area (Å²) >= 11 is 17.7. The zero-order chi connectivity index (χ0) is 19.4. The molecule has 0 spiro atoms. The molecule has 2 rings (SSSR count). The summed E-state index contributed by atoms with van der Waals surface area (Å²) in [6.45, 7) is 1.33. The summed E-state index contributed by atoms with van der Waals surface area (Å²) in [6, 6.07) is 7.81. The van der Waals surface area contributed by atoms with Crippen molar-refractivity contribution in [1.82, 2.24) is 0 Å². The molecule has 0 heterocycles. The molecule has 136 valence electrons. The highest BCUT2D eigenvalue weighted by Crippen LogP contribution is 2.26. The van der Waals surface area contributed by atoms with Crippen LogP contribution in [0.15, 0.2) is 36.4 Å². The maximum atomic E-state index is 12.2. The second-order valence-electron chi connectivity index (χ2n) is 5.08. The summed E-state index contributed by atoms with van der Waals surface area (Å²) in [6.07, 6.45) is -1.21. The van der Waals surface area contributed by atoms with Gasteiger partial charge in [-0.15, -0.1) is 0 Å². The largest absolute Gasteiger partial charge is 0.449 e. The summed E-state index contributed by atoms with van der Waals surface area (Å²) < 4.78 is 5.02. The minimum atomic E-state index is -1.21. The molecule has 0 unspecified atom stereocenters. The average Bonchev–Trinajstić information content (AvgIpc) is 2.58. The van der Waals surface area contributed by atoms with Crippen molar-refractivity contribution in [2.24, 2.45) is 0 Å². The fourth-order valence-corrected chi connectivity index (χ4v) is 2.42. The first-order valence-electron chi connectivity index (χ1n) is 7.10. The van der Waals surface area contributed by atoms with E-state index in [2.05, 4.69) is 5.32 Å². The average molecular weight is 418 g/mol. The normalized spacial score (nSPS) is 11.5. The summed E-state index contributed by atoms with van der Waals surface area (Å²) in [5.74, 6) is -1.64. The van der Waals surface area contributed by atoms with Gasteiger partial charge < -0.3 is 10.1 Å². The molecule has 1 N–H and O–H groups in total. The Morgan fingerprint density at radius 2 is 1.77 bits per heavy atom. The number of carbonyl (C=O) groups excluding carboxylic acids is 2. The van der Waals surface area contributed by atoms with Crippen molar-refractivity contribution in [3.8, 4) is 0 Å². The molecule has 26 heavy (non-hydrogen) atoms. The van der Waals surface area contributed by atoms with Gasteiger partial charge in [-0.3, -0.25) is 14.9 Å². The highest BCUT2D eigenvalue weighted by atomic mass is 35.5. The monoisotopic (exact) mass is 416 g/mol. The Bertz CT molecular complexity index is 888. The van der Waals surface area contributed by atoms with Crippen LogP contribution in [0.4, 0.5) is 11.4 Å². The quantitative estimate of drug-likeness (QED) is 0.430. The fourth-order valence-electron chi connectivity index (χ4n) is 1.89. The molecule has 7 nitrogen and oxygen atoms in total. The number of esters is 1. The fraction of sp³-hybridized carbons (Fsp3) is 0.125. The molecule has 10 heteroatoms. The van der Waals surface area contributed by atoms with Crippen LogP contribution in [-0.4, -0.2) is 22.9 Å². The number of halogens is 3.